The molecule has 0 atom stereocenters. The van der Waals surface area contributed by atoms with Gasteiger partial charge in [-0.2, -0.15) is 5.10 Å². The third-order valence-electron chi connectivity index (χ3n) is 3.63. The number of hydrogen-bond donors (Lipinski definition) is 1. The highest BCUT2D eigenvalue weighted by atomic mass is 15.3. The Hall–Kier alpha value is -1.97. The molecule has 0 bridgehead atoms. The number of fused-ring (bicyclic) bond motifs is 1. The normalized spacial score (nSPS) is 14.6. The van der Waals surface area contributed by atoms with Crippen LogP contribution >= 0.6 is 0 Å². The summed E-state index contributed by atoms with van der Waals surface area (Å²) < 4.78 is 1.73. The lowest BCUT2D eigenvalue weighted by molar-refractivity contribution is 0.691. The van der Waals surface area contributed by atoms with Crippen molar-refractivity contribution in [2.45, 2.75) is 19.4 Å². The quantitative estimate of drug-likeness (QED) is 0.875. The molecule has 94 valence electrons. The van der Waals surface area contributed by atoms with Gasteiger partial charge in [0.05, 0.1) is 6.20 Å². The van der Waals surface area contributed by atoms with Crippen molar-refractivity contribution >= 4 is 11.5 Å². The lowest BCUT2D eigenvalue weighted by Gasteiger charge is -2.31. The Kier molecular flexibility index (Phi) is 2.70. The first-order valence-electron chi connectivity index (χ1n) is 6.35. The van der Waals surface area contributed by atoms with Crippen LogP contribution in [-0.4, -0.2) is 16.3 Å². The van der Waals surface area contributed by atoms with Gasteiger partial charge in [-0.1, -0.05) is 18.2 Å². The van der Waals surface area contributed by atoms with Crippen molar-refractivity contribution in [2.24, 2.45) is 7.05 Å². The van der Waals surface area contributed by atoms with Crippen molar-refractivity contribution in [1.29, 1.82) is 0 Å². The Balaban J connectivity index is 1.89. The van der Waals surface area contributed by atoms with Crippen LogP contribution in [0.5, 0.6) is 0 Å². The van der Waals surface area contributed by atoms with E-state index < -0.39 is 0 Å². The van der Waals surface area contributed by atoms with Crippen LogP contribution in [0.25, 0.3) is 0 Å². The number of anilines is 2. The van der Waals surface area contributed by atoms with Gasteiger partial charge in [0, 0.05) is 31.4 Å². The molecular weight excluding hydrogens is 224 g/mol. The highest BCUT2D eigenvalue weighted by molar-refractivity contribution is 5.56. The van der Waals surface area contributed by atoms with Gasteiger partial charge in [-0.15, -0.1) is 0 Å². The lowest BCUT2D eigenvalue weighted by Crippen LogP contribution is -2.28. The third kappa shape index (κ3) is 1.83. The molecule has 0 amide bonds. The second-order valence-corrected chi connectivity index (χ2v) is 4.83. The maximum Gasteiger partial charge on any atom is 0.126 e. The van der Waals surface area contributed by atoms with Crippen LogP contribution < -0.4 is 10.6 Å². The molecule has 1 aromatic heterocycles. The van der Waals surface area contributed by atoms with E-state index in [4.69, 9.17) is 5.73 Å². The number of hydrogen-bond acceptors (Lipinski definition) is 3. The molecule has 0 saturated carbocycles. The van der Waals surface area contributed by atoms with Crippen LogP contribution in [0, 0.1) is 0 Å². The summed E-state index contributed by atoms with van der Waals surface area (Å²) in [6, 6.07) is 8.62. The van der Waals surface area contributed by atoms with Crippen LogP contribution in [0.1, 0.15) is 17.5 Å². The minimum absolute atomic E-state index is 0.762. The van der Waals surface area contributed by atoms with E-state index in [1.54, 1.807) is 4.68 Å². The fraction of sp³-hybridized carbons (Fsp3) is 0.357. The molecule has 2 N–H and O–H groups in total. The molecule has 4 nitrogen and oxygen atoms in total. The summed E-state index contributed by atoms with van der Waals surface area (Å²) in [6.07, 6.45) is 4.25. The van der Waals surface area contributed by atoms with Gasteiger partial charge in [-0.3, -0.25) is 4.68 Å². The topological polar surface area (TPSA) is 47.1 Å². The predicted octanol–water partition coefficient (Wildman–Crippen LogP) is 1.96. The van der Waals surface area contributed by atoms with Crippen molar-refractivity contribution in [3.8, 4) is 0 Å². The minimum atomic E-state index is 0.762. The van der Waals surface area contributed by atoms with Crippen LogP contribution in [0.15, 0.2) is 30.5 Å². The van der Waals surface area contributed by atoms with E-state index in [0.717, 1.165) is 24.5 Å². The summed E-state index contributed by atoms with van der Waals surface area (Å²) in [6.45, 7) is 1.93. The van der Waals surface area contributed by atoms with Crippen molar-refractivity contribution < 1.29 is 0 Å². The molecule has 0 fully saturated rings. The number of aromatic nitrogens is 2. The van der Waals surface area contributed by atoms with Crippen LogP contribution in [-0.2, 0) is 20.0 Å². The van der Waals surface area contributed by atoms with E-state index >= 15 is 0 Å². The Labute approximate surface area is 107 Å². The Morgan fingerprint density at radius 3 is 2.94 bits per heavy atom. The highest BCUT2D eigenvalue weighted by Gasteiger charge is 2.18. The van der Waals surface area contributed by atoms with Crippen molar-refractivity contribution in [2.75, 3.05) is 17.2 Å². The maximum atomic E-state index is 6.01. The first-order valence-corrected chi connectivity index (χ1v) is 6.35. The van der Waals surface area contributed by atoms with E-state index in [2.05, 4.69) is 34.3 Å². The molecule has 0 saturated heterocycles. The molecular formula is C14H18N4. The van der Waals surface area contributed by atoms with Crippen LogP contribution in [0.4, 0.5) is 11.5 Å². The summed E-state index contributed by atoms with van der Waals surface area (Å²) in [5, 5.41) is 4.20. The summed E-state index contributed by atoms with van der Waals surface area (Å²) in [4.78, 5) is 2.40. The van der Waals surface area contributed by atoms with E-state index in [1.807, 2.05) is 13.2 Å². The lowest BCUT2D eigenvalue weighted by atomic mass is 10.0. The average molecular weight is 242 g/mol. The van der Waals surface area contributed by atoms with E-state index in [-0.39, 0.29) is 0 Å². The smallest absolute Gasteiger partial charge is 0.126 e. The molecule has 4 heteroatoms. The van der Waals surface area contributed by atoms with Gasteiger partial charge < -0.3 is 10.6 Å². The Morgan fingerprint density at radius 2 is 2.17 bits per heavy atom. The molecule has 0 radical (unpaired) electrons. The summed E-state index contributed by atoms with van der Waals surface area (Å²) in [5.74, 6) is 0.762. The third-order valence-corrected chi connectivity index (χ3v) is 3.63. The van der Waals surface area contributed by atoms with Gasteiger partial charge >= 0.3 is 0 Å². The summed E-state index contributed by atoms with van der Waals surface area (Å²) in [5.41, 5.74) is 9.90. The molecule has 1 aromatic carbocycles. The Bertz CT molecular complexity index is 559. The van der Waals surface area contributed by atoms with E-state index in [9.17, 15) is 0 Å². The molecule has 2 aromatic rings. The first kappa shape index (κ1) is 11.1. The summed E-state index contributed by atoms with van der Waals surface area (Å²) in [7, 11) is 1.88. The number of nitrogen functional groups attached to an aromatic ring is 1. The molecule has 0 aliphatic carbocycles. The van der Waals surface area contributed by atoms with E-state index in [1.165, 1.54) is 24.1 Å². The summed E-state index contributed by atoms with van der Waals surface area (Å²) >= 11 is 0. The fourth-order valence-corrected chi connectivity index (χ4v) is 2.60. The zero-order valence-corrected chi connectivity index (χ0v) is 10.6. The average Bonchev–Trinajstić information content (AvgIpc) is 2.71. The van der Waals surface area contributed by atoms with E-state index in [0.29, 0.717) is 0 Å². The number of nitrogens with zero attached hydrogens (tertiary/aromatic N) is 3. The molecule has 0 spiro atoms. The van der Waals surface area contributed by atoms with Gasteiger partial charge in [-0.05, 0) is 24.5 Å². The molecule has 0 unspecified atom stereocenters. The number of benzene rings is 1. The zero-order valence-electron chi connectivity index (χ0n) is 10.6. The molecule has 3 rings (SSSR count). The number of nitrogens with two attached hydrogens (primary N) is 1. The van der Waals surface area contributed by atoms with Gasteiger partial charge in [0.2, 0.25) is 0 Å². The minimum Gasteiger partial charge on any atom is -0.384 e. The zero-order chi connectivity index (χ0) is 12.5. The first-order chi connectivity index (χ1) is 8.75. The van der Waals surface area contributed by atoms with Crippen molar-refractivity contribution in [3.05, 3.63) is 41.6 Å². The molecule has 18 heavy (non-hydrogen) atoms. The second-order valence-electron chi connectivity index (χ2n) is 4.83. The Morgan fingerprint density at radius 1 is 1.33 bits per heavy atom. The van der Waals surface area contributed by atoms with Gasteiger partial charge in [-0.25, -0.2) is 0 Å². The van der Waals surface area contributed by atoms with Crippen molar-refractivity contribution in [3.63, 3.8) is 0 Å². The van der Waals surface area contributed by atoms with Gasteiger partial charge in [0.15, 0.2) is 0 Å². The van der Waals surface area contributed by atoms with Crippen LogP contribution in [0.2, 0.25) is 0 Å². The fourth-order valence-electron chi connectivity index (χ4n) is 2.60. The number of aryl methyl sites for hydroxylation is 2. The van der Waals surface area contributed by atoms with Crippen molar-refractivity contribution in [1.82, 2.24) is 9.78 Å². The second kappa shape index (κ2) is 4.37. The van der Waals surface area contributed by atoms with Gasteiger partial charge in [0.1, 0.15) is 5.82 Å². The largest absolute Gasteiger partial charge is 0.384 e. The maximum absolute atomic E-state index is 6.01. The molecule has 2 heterocycles. The van der Waals surface area contributed by atoms with Crippen LogP contribution in [0.3, 0.4) is 0 Å². The SMILES string of the molecule is Cn1ncc(CN2CCCc3ccccc32)c1N. The monoisotopic (exact) mass is 242 g/mol. The molecule has 1 aliphatic heterocycles. The number of rotatable bonds is 2. The predicted molar refractivity (Wildman–Crippen MR) is 73.4 cm³/mol. The highest BCUT2D eigenvalue weighted by Crippen LogP contribution is 2.28. The van der Waals surface area contributed by atoms with Gasteiger partial charge in [0.25, 0.3) is 0 Å². The number of para-hydroxylation sites is 1. The molecule has 1 aliphatic rings. The standard InChI is InChI=1S/C14H18N4/c1-17-14(15)12(9-16-17)10-18-8-4-6-11-5-2-3-7-13(11)18/h2-3,5,7,9H,4,6,8,10,15H2,1H3.